The zero-order valence-corrected chi connectivity index (χ0v) is 12.5. The molecular formula is C17H22N2O2. The molecule has 21 heavy (non-hydrogen) atoms. The first-order valence-corrected chi connectivity index (χ1v) is 7.14. The lowest BCUT2D eigenvalue weighted by atomic mass is 9.89. The van der Waals surface area contributed by atoms with Crippen molar-refractivity contribution in [3.8, 4) is 5.69 Å². The van der Waals surface area contributed by atoms with Crippen LogP contribution in [0.1, 0.15) is 30.6 Å². The minimum atomic E-state index is -0.102. The van der Waals surface area contributed by atoms with Gasteiger partial charge in [-0.15, -0.1) is 0 Å². The molecule has 1 amide bonds. The molecule has 2 rings (SSSR count). The van der Waals surface area contributed by atoms with Gasteiger partial charge in [-0.25, -0.2) is 0 Å². The van der Waals surface area contributed by atoms with Crippen LogP contribution < -0.4 is 5.32 Å². The number of aliphatic hydroxyl groups excluding tert-OH is 1. The van der Waals surface area contributed by atoms with E-state index < -0.39 is 0 Å². The fourth-order valence-electron chi connectivity index (χ4n) is 2.10. The first-order valence-electron chi connectivity index (χ1n) is 7.14. The smallest absolute Gasteiger partial charge is 0.251 e. The Kier molecular flexibility index (Phi) is 4.81. The second kappa shape index (κ2) is 6.59. The second-order valence-corrected chi connectivity index (χ2v) is 5.96. The van der Waals surface area contributed by atoms with E-state index >= 15 is 0 Å². The molecule has 0 radical (unpaired) electrons. The van der Waals surface area contributed by atoms with Gasteiger partial charge in [0.1, 0.15) is 0 Å². The molecule has 0 bridgehead atoms. The summed E-state index contributed by atoms with van der Waals surface area (Å²) >= 11 is 0. The molecule has 0 spiro atoms. The van der Waals surface area contributed by atoms with Crippen LogP contribution in [0.25, 0.3) is 5.69 Å². The number of nitrogens with one attached hydrogen (secondary N) is 1. The van der Waals surface area contributed by atoms with Gasteiger partial charge in [-0.2, -0.15) is 0 Å². The maximum Gasteiger partial charge on any atom is 0.251 e. The number of benzene rings is 1. The summed E-state index contributed by atoms with van der Waals surface area (Å²) in [6, 6.07) is 11.4. The zero-order valence-electron chi connectivity index (χ0n) is 12.5. The Labute approximate surface area is 125 Å². The molecule has 112 valence electrons. The SMILES string of the molecule is CC(C)(CCO)CNC(=O)c1ccc(-n2cccc2)cc1. The second-order valence-electron chi connectivity index (χ2n) is 5.96. The van der Waals surface area contributed by atoms with Crippen LogP contribution in [0.4, 0.5) is 0 Å². The Morgan fingerprint density at radius 1 is 1.19 bits per heavy atom. The van der Waals surface area contributed by atoms with Crippen molar-refractivity contribution in [3.05, 3.63) is 54.4 Å². The molecule has 2 N–H and O–H groups in total. The molecule has 0 aliphatic heterocycles. The molecule has 0 fully saturated rings. The van der Waals surface area contributed by atoms with Crippen LogP contribution in [0, 0.1) is 5.41 Å². The van der Waals surface area contributed by atoms with Crippen LogP contribution in [-0.2, 0) is 0 Å². The molecule has 0 unspecified atom stereocenters. The summed E-state index contributed by atoms with van der Waals surface area (Å²) in [4.78, 5) is 12.1. The molecule has 1 aromatic heterocycles. The number of hydrogen-bond acceptors (Lipinski definition) is 2. The van der Waals surface area contributed by atoms with Gasteiger partial charge in [0, 0.05) is 36.8 Å². The highest BCUT2D eigenvalue weighted by molar-refractivity contribution is 5.94. The van der Waals surface area contributed by atoms with Gasteiger partial charge >= 0.3 is 0 Å². The van der Waals surface area contributed by atoms with Gasteiger partial charge in [0.05, 0.1) is 0 Å². The Morgan fingerprint density at radius 2 is 1.81 bits per heavy atom. The van der Waals surface area contributed by atoms with Gasteiger partial charge in [-0.3, -0.25) is 4.79 Å². The van der Waals surface area contributed by atoms with Crippen LogP contribution in [0.3, 0.4) is 0 Å². The largest absolute Gasteiger partial charge is 0.396 e. The number of aromatic nitrogens is 1. The minimum absolute atomic E-state index is 0.0833. The highest BCUT2D eigenvalue weighted by Gasteiger charge is 2.18. The Morgan fingerprint density at radius 3 is 2.38 bits per heavy atom. The van der Waals surface area contributed by atoms with E-state index in [4.69, 9.17) is 5.11 Å². The normalized spacial score (nSPS) is 11.4. The van der Waals surface area contributed by atoms with Crippen molar-refractivity contribution in [2.45, 2.75) is 20.3 Å². The fraction of sp³-hybridized carbons (Fsp3) is 0.353. The molecule has 0 aliphatic rings. The van der Waals surface area contributed by atoms with E-state index in [1.165, 1.54) is 0 Å². The van der Waals surface area contributed by atoms with Gasteiger partial charge in [0.15, 0.2) is 0 Å². The third-order valence-corrected chi connectivity index (χ3v) is 3.55. The summed E-state index contributed by atoms with van der Waals surface area (Å²) < 4.78 is 1.99. The summed E-state index contributed by atoms with van der Waals surface area (Å²) in [6.07, 6.45) is 4.60. The molecule has 0 aliphatic carbocycles. The van der Waals surface area contributed by atoms with Gasteiger partial charge < -0.3 is 15.0 Å². The van der Waals surface area contributed by atoms with E-state index in [1.54, 1.807) is 0 Å². The van der Waals surface area contributed by atoms with E-state index in [9.17, 15) is 4.79 Å². The minimum Gasteiger partial charge on any atom is -0.396 e. The number of nitrogens with zero attached hydrogens (tertiary/aromatic N) is 1. The predicted octanol–water partition coefficient (Wildman–Crippen LogP) is 2.62. The summed E-state index contributed by atoms with van der Waals surface area (Å²) in [5.74, 6) is -0.0833. The highest BCUT2D eigenvalue weighted by Crippen LogP contribution is 2.18. The quantitative estimate of drug-likeness (QED) is 0.857. The van der Waals surface area contributed by atoms with E-state index in [1.807, 2.05) is 67.2 Å². The van der Waals surface area contributed by atoms with Gasteiger partial charge in [-0.1, -0.05) is 13.8 Å². The number of carbonyl (C=O) groups is 1. The van der Waals surface area contributed by atoms with Gasteiger partial charge in [-0.05, 0) is 48.2 Å². The van der Waals surface area contributed by atoms with Crippen molar-refractivity contribution in [2.75, 3.05) is 13.2 Å². The third-order valence-electron chi connectivity index (χ3n) is 3.55. The topological polar surface area (TPSA) is 54.3 Å². The first-order chi connectivity index (χ1) is 10.0. The first kappa shape index (κ1) is 15.3. The van der Waals surface area contributed by atoms with E-state index in [-0.39, 0.29) is 17.9 Å². The zero-order chi connectivity index (χ0) is 15.3. The lowest BCUT2D eigenvalue weighted by Gasteiger charge is -2.23. The Bertz CT molecular complexity index is 571. The van der Waals surface area contributed by atoms with Crippen molar-refractivity contribution in [2.24, 2.45) is 5.41 Å². The molecule has 1 aromatic carbocycles. The summed E-state index contributed by atoms with van der Waals surface area (Å²) in [6.45, 7) is 4.73. The van der Waals surface area contributed by atoms with Crippen LogP contribution in [0.2, 0.25) is 0 Å². The third kappa shape index (κ3) is 4.20. The van der Waals surface area contributed by atoms with Crippen molar-refractivity contribution >= 4 is 5.91 Å². The number of carbonyl (C=O) groups excluding carboxylic acids is 1. The fourth-order valence-corrected chi connectivity index (χ4v) is 2.10. The van der Waals surface area contributed by atoms with Crippen LogP contribution in [0.5, 0.6) is 0 Å². The van der Waals surface area contributed by atoms with Crippen molar-refractivity contribution in [1.82, 2.24) is 9.88 Å². The highest BCUT2D eigenvalue weighted by atomic mass is 16.3. The standard InChI is InChI=1S/C17H22N2O2/c1-17(2,9-12-20)13-18-16(21)14-5-7-15(8-6-14)19-10-3-4-11-19/h3-8,10-11,20H,9,12-13H2,1-2H3,(H,18,21). The molecule has 0 saturated heterocycles. The molecule has 4 heteroatoms. The lowest BCUT2D eigenvalue weighted by Crippen LogP contribution is -2.34. The average molecular weight is 286 g/mol. The van der Waals surface area contributed by atoms with E-state index in [0.717, 1.165) is 5.69 Å². The number of aliphatic hydroxyl groups is 1. The van der Waals surface area contributed by atoms with Gasteiger partial charge in [0.25, 0.3) is 5.91 Å². The van der Waals surface area contributed by atoms with Crippen LogP contribution >= 0.6 is 0 Å². The Hall–Kier alpha value is -2.07. The molecule has 4 nitrogen and oxygen atoms in total. The van der Waals surface area contributed by atoms with Crippen molar-refractivity contribution < 1.29 is 9.90 Å². The number of amides is 1. The van der Waals surface area contributed by atoms with Crippen molar-refractivity contribution in [1.29, 1.82) is 0 Å². The summed E-state index contributed by atoms with van der Waals surface area (Å²) in [5, 5.41) is 11.9. The lowest BCUT2D eigenvalue weighted by molar-refractivity contribution is 0.0928. The average Bonchev–Trinajstić information content (AvgIpc) is 2.99. The Balaban J connectivity index is 1.97. The van der Waals surface area contributed by atoms with Crippen LogP contribution in [0.15, 0.2) is 48.8 Å². The van der Waals surface area contributed by atoms with E-state index in [2.05, 4.69) is 5.32 Å². The number of hydrogen-bond donors (Lipinski definition) is 2. The number of rotatable bonds is 6. The van der Waals surface area contributed by atoms with Gasteiger partial charge in [0.2, 0.25) is 0 Å². The molecule has 1 heterocycles. The maximum atomic E-state index is 12.1. The monoisotopic (exact) mass is 286 g/mol. The molecule has 2 aromatic rings. The maximum absolute atomic E-state index is 12.1. The van der Waals surface area contributed by atoms with Crippen LogP contribution in [-0.4, -0.2) is 28.7 Å². The molecule has 0 atom stereocenters. The molecule has 0 saturated carbocycles. The van der Waals surface area contributed by atoms with Crippen molar-refractivity contribution in [3.63, 3.8) is 0 Å². The summed E-state index contributed by atoms with van der Waals surface area (Å²) in [7, 11) is 0. The predicted molar refractivity (Wildman–Crippen MR) is 83.6 cm³/mol. The molecular weight excluding hydrogens is 264 g/mol. The summed E-state index contributed by atoms with van der Waals surface area (Å²) in [5.41, 5.74) is 1.57. The van der Waals surface area contributed by atoms with E-state index in [0.29, 0.717) is 18.5 Å².